The molecule has 0 unspecified atom stereocenters. The third kappa shape index (κ3) is 4.18. The molecule has 28 heavy (non-hydrogen) atoms. The van der Waals surface area contributed by atoms with E-state index in [4.69, 9.17) is 0 Å². The zero-order valence-electron chi connectivity index (χ0n) is 15.5. The van der Waals surface area contributed by atoms with E-state index >= 15 is 0 Å². The lowest BCUT2D eigenvalue weighted by molar-refractivity contribution is 0.0954. The highest BCUT2D eigenvalue weighted by Gasteiger charge is 2.08. The van der Waals surface area contributed by atoms with Crippen molar-refractivity contribution in [2.45, 2.75) is 13.3 Å². The SMILES string of the molecule is Cc1ccc(-c2nc(CCNC(=O)c3ccc(-n4cccn4)cc3)cs2)cc1. The van der Waals surface area contributed by atoms with E-state index in [1.165, 1.54) is 5.56 Å². The summed E-state index contributed by atoms with van der Waals surface area (Å²) in [6, 6.07) is 17.6. The van der Waals surface area contributed by atoms with Gasteiger partial charge in [0, 0.05) is 41.9 Å². The molecule has 6 heteroatoms. The van der Waals surface area contributed by atoms with Crippen LogP contribution in [-0.2, 0) is 6.42 Å². The molecule has 0 fully saturated rings. The van der Waals surface area contributed by atoms with Crippen LogP contribution in [0.1, 0.15) is 21.6 Å². The Balaban J connectivity index is 1.31. The second kappa shape index (κ2) is 8.19. The average molecular weight is 388 g/mol. The quantitative estimate of drug-likeness (QED) is 0.536. The Bertz CT molecular complexity index is 1050. The number of carbonyl (C=O) groups excluding carboxylic acids is 1. The van der Waals surface area contributed by atoms with Gasteiger partial charge in [0.2, 0.25) is 0 Å². The Morgan fingerprint density at radius 3 is 2.61 bits per heavy atom. The first kappa shape index (κ1) is 18.1. The molecule has 0 aliphatic rings. The van der Waals surface area contributed by atoms with Crippen molar-refractivity contribution in [1.29, 1.82) is 0 Å². The summed E-state index contributed by atoms with van der Waals surface area (Å²) in [5, 5.41) is 10.2. The minimum atomic E-state index is -0.0824. The van der Waals surface area contributed by atoms with Crippen LogP contribution in [0.3, 0.4) is 0 Å². The van der Waals surface area contributed by atoms with Gasteiger partial charge in [0.1, 0.15) is 5.01 Å². The molecule has 1 N–H and O–H groups in total. The molecular weight excluding hydrogens is 368 g/mol. The molecule has 2 aromatic carbocycles. The van der Waals surface area contributed by atoms with Crippen LogP contribution >= 0.6 is 11.3 Å². The van der Waals surface area contributed by atoms with Gasteiger partial charge in [-0.05, 0) is 37.3 Å². The maximum atomic E-state index is 12.3. The standard InChI is InChI=1S/C22H20N4OS/c1-16-3-5-18(6-4-16)22-25-19(15-28-22)11-13-23-21(27)17-7-9-20(10-8-17)26-14-2-12-24-26/h2-10,12,14-15H,11,13H2,1H3,(H,23,27). The van der Waals surface area contributed by atoms with E-state index in [-0.39, 0.29) is 5.91 Å². The van der Waals surface area contributed by atoms with Crippen LogP contribution in [0, 0.1) is 6.92 Å². The summed E-state index contributed by atoms with van der Waals surface area (Å²) >= 11 is 1.63. The van der Waals surface area contributed by atoms with Crippen molar-refractivity contribution in [2.24, 2.45) is 0 Å². The van der Waals surface area contributed by atoms with E-state index in [9.17, 15) is 4.79 Å². The summed E-state index contributed by atoms with van der Waals surface area (Å²) < 4.78 is 1.76. The molecule has 0 atom stereocenters. The van der Waals surface area contributed by atoms with Gasteiger partial charge in [-0.3, -0.25) is 4.79 Å². The maximum Gasteiger partial charge on any atom is 0.251 e. The van der Waals surface area contributed by atoms with Gasteiger partial charge < -0.3 is 5.32 Å². The number of hydrogen-bond acceptors (Lipinski definition) is 4. The zero-order valence-corrected chi connectivity index (χ0v) is 16.3. The molecule has 2 aromatic heterocycles. The number of benzene rings is 2. The van der Waals surface area contributed by atoms with E-state index in [1.54, 1.807) is 22.2 Å². The van der Waals surface area contributed by atoms with E-state index in [0.717, 1.165) is 22.0 Å². The van der Waals surface area contributed by atoms with Crippen LogP contribution in [0.4, 0.5) is 0 Å². The van der Waals surface area contributed by atoms with Crippen molar-refractivity contribution >= 4 is 17.2 Å². The number of aromatic nitrogens is 3. The van der Waals surface area contributed by atoms with E-state index < -0.39 is 0 Å². The second-order valence-corrected chi connectivity index (χ2v) is 7.37. The van der Waals surface area contributed by atoms with Gasteiger partial charge in [-0.15, -0.1) is 11.3 Å². The first-order chi connectivity index (χ1) is 13.7. The Morgan fingerprint density at radius 2 is 1.89 bits per heavy atom. The molecule has 0 aliphatic heterocycles. The summed E-state index contributed by atoms with van der Waals surface area (Å²) in [5.74, 6) is -0.0824. The van der Waals surface area contributed by atoms with Crippen LogP contribution in [0.15, 0.2) is 72.4 Å². The van der Waals surface area contributed by atoms with Crippen molar-refractivity contribution in [3.05, 3.63) is 89.2 Å². The van der Waals surface area contributed by atoms with Gasteiger partial charge in [-0.25, -0.2) is 9.67 Å². The monoisotopic (exact) mass is 388 g/mol. The van der Waals surface area contributed by atoms with E-state index in [2.05, 4.69) is 52.0 Å². The second-order valence-electron chi connectivity index (χ2n) is 6.51. The lowest BCUT2D eigenvalue weighted by Crippen LogP contribution is -2.25. The van der Waals surface area contributed by atoms with Gasteiger partial charge in [0.25, 0.3) is 5.91 Å². The van der Waals surface area contributed by atoms with Crippen LogP contribution < -0.4 is 5.32 Å². The summed E-state index contributed by atoms with van der Waals surface area (Å²) in [6.45, 7) is 2.63. The van der Waals surface area contributed by atoms with E-state index in [1.807, 2.05) is 36.5 Å². The zero-order chi connectivity index (χ0) is 19.3. The molecule has 0 bridgehead atoms. The van der Waals surface area contributed by atoms with Crippen LogP contribution in [0.25, 0.3) is 16.3 Å². The minimum absolute atomic E-state index is 0.0824. The summed E-state index contributed by atoms with van der Waals surface area (Å²) in [5.41, 5.74) is 4.92. The van der Waals surface area contributed by atoms with Gasteiger partial charge in [-0.2, -0.15) is 5.10 Å². The third-order valence-corrected chi connectivity index (χ3v) is 5.36. The molecule has 0 radical (unpaired) electrons. The van der Waals surface area contributed by atoms with Crippen LogP contribution in [0.5, 0.6) is 0 Å². The number of amides is 1. The molecular formula is C22H20N4OS. The van der Waals surface area contributed by atoms with Crippen molar-refractivity contribution in [3.63, 3.8) is 0 Å². The lowest BCUT2D eigenvalue weighted by atomic mass is 10.2. The van der Waals surface area contributed by atoms with Gasteiger partial charge in [0.05, 0.1) is 11.4 Å². The highest BCUT2D eigenvalue weighted by molar-refractivity contribution is 7.13. The Labute approximate surface area is 167 Å². The highest BCUT2D eigenvalue weighted by atomic mass is 32.1. The molecule has 4 rings (SSSR count). The summed E-state index contributed by atoms with van der Waals surface area (Å²) in [4.78, 5) is 17.0. The number of aryl methyl sites for hydroxylation is 1. The topological polar surface area (TPSA) is 59.8 Å². The lowest BCUT2D eigenvalue weighted by Gasteiger charge is -2.06. The van der Waals surface area contributed by atoms with Gasteiger partial charge in [0.15, 0.2) is 0 Å². The average Bonchev–Trinajstić information content (AvgIpc) is 3.41. The number of thiazole rings is 1. The first-order valence-electron chi connectivity index (χ1n) is 9.09. The third-order valence-electron chi connectivity index (χ3n) is 4.42. The number of nitrogens with zero attached hydrogens (tertiary/aromatic N) is 3. The smallest absolute Gasteiger partial charge is 0.251 e. The van der Waals surface area contributed by atoms with E-state index in [0.29, 0.717) is 18.5 Å². The molecule has 0 saturated carbocycles. The molecule has 5 nitrogen and oxygen atoms in total. The van der Waals surface area contributed by atoms with Crippen LogP contribution in [0.2, 0.25) is 0 Å². The first-order valence-corrected chi connectivity index (χ1v) is 9.97. The predicted octanol–water partition coefficient (Wildman–Crippen LogP) is 4.28. The number of nitrogens with one attached hydrogen (secondary N) is 1. The van der Waals surface area contributed by atoms with Gasteiger partial charge >= 0.3 is 0 Å². The predicted molar refractivity (Wildman–Crippen MR) is 112 cm³/mol. The normalized spacial score (nSPS) is 10.8. The highest BCUT2D eigenvalue weighted by Crippen LogP contribution is 2.24. The molecule has 140 valence electrons. The molecule has 0 aliphatic carbocycles. The fourth-order valence-corrected chi connectivity index (χ4v) is 3.70. The molecule has 0 spiro atoms. The van der Waals surface area contributed by atoms with Crippen molar-refractivity contribution in [1.82, 2.24) is 20.1 Å². The Kier molecular flexibility index (Phi) is 5.30. The van der Waals surface area contributed by atoms with Gasteiger partial charge in [-0.1, -0.05) is 29.8 Å². The molecule has 0 saturated heterocycles. The molecule has 1 amide bonds. The summed E-state index contributed by atoms with van der Waals surface area (Å²) in [6.07, 6.45) is 4.30. The number of rotatable bonds is 6. The number of hydrogen-bond donors (Lipinski definition) is 1. The van der Waals surface area contributed by atoms with Crippen molar-refractivity contribution in [2.75, 3.05) is 6.54 Å². The fraction of sp³-hybridized carbons (Fsp3) is 0.136. The maximum absolute atomic E-state index is 12.3. The van der Waals surface area contributed by atoms with Crippen LogP contribution in [-0.4, -0.2) is 27.2 Å². The van der Waals surface area contributed by atoms with Crippen molar-refractivity contribution in [3.8, 4) is 16.3 Å². The fourth-order valence-electron chi connectivity index (χ4n) is 2.84. The van der Waals surface area contributed by atoms with Crippen molar-refractivity contribution < 1.29 is 4.79 Å². The molecule has 2 heterocycles. The molecule has 4 aromatic rings. The summed E-state index contributed by atoms with van der Waals surface area (Å²) in [7, 11) is 0. The Hall–Kier alpha value is -3.25. The number of carbonyl (C=O) groups is 1. The Morgan fingerprint density at radius 1 is 1.11 bits per heavy atom. The minimum Gasteiger partial charge on any atom is -0.352 e. The largest absolute Gasteiger partial charge is 0.352 e.